The zero-order valence-electron chi connectivity index (χ0n) is 26.0. The van der Waals surface area contributed by atoms with Crippen LogP contribution in [0.3, 0.4) is 0 Å². The van der Waals surface area contributed by atoms with Gasteiger partial charge in [0.15, 0.2) is 29.6 Å². The van der Waals surface area contributed by atoms with Gasteiger partial charge in [0.05, 0.1) is 43.6 Å². The summed E-state index contributed by atoms with van der Waals surface area (Å²) in [5, 5.41) is 20.1. The predicted molar refractivity (Wildman–Crippen MR) is 168 cm³/mol. The molecule has 3 amide bonds. The van der Waals surface area contributed by atoms with E-state index in [1.165, 1.54) is 32.6 Å². The van der Waals surface area contributed by atoms with Gasteiger partial charge in [0, 0.05) is 17.8 Å². The highest BCUT2D eigenvalue weighted by Gasteiger charge is 2.32. The summed E-state index contributed by atoms with van der Waals surface area (Å²) >= 11 is 0. The van der Waals surface area contributed by atoms with Gasteiger partial charge in [0.2, 0.25) is 0 Å². The number of amides is 3. The number of nitrogens with zero attached hydrogens (tertiary/aromatic N) is 2. The molecular weight excluding hydrogens is 614 g/mol. The van der Waals surface area contributed by atoms with Gasteiger partial charge in [-0.3, -0.25) is 14.9 Å². The minimum Gasteiger partial charge on any atom is -0.493 e. The van der Waals surface area contributed by atoms with E-state index in [-0.39, 0.29) is 42.6 Å². The first kappa shape index (κ1) is 33.8. The van der Waals surface area contributed by atoms with E-state index in [0.29, 0.717) is 28.3 Å². The summed E-state index contributed by atoms with van der Waals surface area (Å²) in [7, 11) is 2.90. The number of carbonyl (C=O) groups is 3. The number of benzene rings is 3. The van der Waals surface area contributed by atoms with Crippen LogP contribution in [0.4, 0.5) is 10.5 Å². The van der Waals surface area contributed by atoms with Crippen LogP contribution in [0.25, 0.3) is 0 Å². The minimum absolute atomic E-state index is 0.00703. The molecule has 0 bridgehead atoms. The summed E-state index contributed by atoms with van der Waals surface area (Å²) in [6.45, 7) is 3.25. The third-order valence-electron chi connectivity index (χ3n) is 6.78. The third-order valence-corrected chi connectivity index (χ3v) is 6.78. The van der Waals surface area contributed by atoms with Crippen molar-refractivity contribution in [2.75, 3.05) is 27.4 Å². The van der Waals surface area contributed by atoms with E-state index < -0.39 is 28.9 Å². The molecule has 0 fully saturated rings. The zero-order chi connectivity index (χ0) is 33.9. The SMILES string of the molecule is CCOC(=O)C1=C(C)NC(=O)N[C@@H]1c1ccc(OCC(=O)N/N=C\c2ccc(OCc3ccc([N+](=O)[O-])cc3)c(OC)c2)c(OC)c1. The fourth-order valence-electron chi connectivity index (χ4n) is 4.52. The third kappa shape index (κ3) is 8.75. The molecule has 0 spiro atoms. The van der Waals surface area contributed by atoms with Crippen LogP contribution in [0.5, 0.6) is 23.0 Å². The second-order valence-corrected chi connectivity index (χ2v) is 9.91. The van der Waals surface area contributed by atoms with Crippen LogP contribution in [0.2, 0.25) is 0 Å². The molecule has 1 heterocycles. The number of methoxy groups -OCH3 is 2. The molecule has 15 nitrogen and oxygen atoms in total. The van der Waals surface area contributed by atoms with Gasteiger partial charge < -0.3 is 34.3 Å². The number of hydrogen-bond acceptors (Lipinski definition) is 11. The molecule has 3 N–H and O–H groups in total. The molecule has 3 aromatic carbocycles. The van der Waals surface area contributed by atoms with Crippen LogP contribution < -0.4 is 35.0 Å². The van der Waals surface area contributed by atoms with E-state index >= 15 is 0 Å². The first-order valence-electron chi connectivity index (χ1n) is 14.3. The molecule has 1 aliphatic heterocycles. The van der Waals surface area contributed by atoms with Crippen LogP contribution >= 0.6 is 0 Å². The van der Waals surface area contributed by atoms with Gasteiger partial charge in [0.25, 0.3) is 11.6 Å². The summed E-state index contributed by atoms with van der Waals surface area (Å²) in [5.41, 5.74) is 4.90. The molecule has 0 saturated heterocycles. The van der Waals surface area contributed by atoms with E-state index in [1.807, 2.05) is 0 Å². The topological polar surface area (TPSA) is 189 Å². The fourth-order valence-corrected chi connectivity index (χ4v) is 4.52. The number of carbonyl (C=O) groups excluding carboxylic acids is 3. The zero-order valence-corrected chi connectivity index (χ0v) is 26.0. The number of rotatable bonds is 14. The Hall–Kier alpha value is -6.12. The summed E-state index contributed by atoms with van der Waals surface area (Å²) < 4.78 is 27.5. The molecule has 0 aliphatic carbocycles. The average Bonchev–Trinajstić information content (AvgIpc) is 3.06. The van der Waals surface area contributed by atoms with Crippen molar-refractivity contribution < 1.29 is 43.0 Å². The van der Waals surface area contributed by atoms with Crippen LogP contribution in [0, 0.1) is 10.1 Å². The molecule has 0 aromatic heterocycles. The van der Waals surface area contributed by atoms with Gasteiger partial charge in [-0.05, 0) is 73.0 Å². The molecule has 0 saturated carbocycles. The monoisotopic (exact) mass is 647 g/mol. The lowest BCUT2D eigenvalue weighted by molar-refractivity contribution is -0.384. The molecule has 3 aromatic rings. The number of non-ortho nitro benzene ring substituents is 1. The number of hydrogen-bond donors (Lipinski definition) is 3. The average molecular weight is 648 g/mol. The normalized spacial score (nSPS) is 14.1. The predicted octanol–water partition coefficient (Wildman–Crippen LogP) is 3.91. The van der Waals surface area contributed by atoms with Crippen molar-refractivity contribution in [3.8, 4) is 23.0 Å². The van der Waals surface area contributed by atoms with Crippen molar-refractivity contribution in [2.45, 2.75) is 26.5 Å². The number of nitrogens with one attached hydrogen (secondary N) is 3. The van der Waals surface area contributed by atoms with Gasteiger partial charge in [-0.1, -0.05) is 6.07 Å². The Balaban J connectivity index is 1.34. The summed E-state index contributed by atoms with van der Waals surface area (Å²) in [6, 6.07) is 14.6. The smallest absolute Gasteiger partial charge is 0.338 e. The van der Waals surface area contributed by atoms with Gasteiger partial charge >= 0.3 is 12.0 Å². The Morgan fingerprint density at radius 1 is 0.979 bits per heavy atom. The standard InChI is InChI=1S/C32H33N5O10/c1-5-45-31(39)29-19(2)34-32(40)35-30(29)22-9-13-25(27(15-22)44-4)47-18-28(38)36-33-16-21-8-12-24(26(14-21)43-3)46-17-20-6-10-23(11-7-20)37(41)42/h6-16,30H,5,17-18H2,1-4H3,(H,36,38)(H2,34,35,40)/b33-16-/t30-/m1/s1. The van der Waals surface area contributed by atoms with Crippen molar-refractivity contribution in [2.24, 2.45) is 5.10 Å². The highest BCUT2D eigenvalue weighted by Crippen LogP contribution is 2.34. The highest BCUT2D eigenvalue weighted by molar-refractivity contribution is 5.95. The largest absolute Gasteiger partial charge is 0.493 e. The lowest BCUT2D eigenvalue weighted by atomic mass is 9.95. The van der Waals surface area contributed by atoms with Crippen molar-refractivity contribution >= 4 is 29.8 Å². The van der Waals surface area contributed by atoms with E-state index in [9.17, 15) is 24.5 Å². The molecule has 4 rings (SSSR count). The molecule has 15 heteroatoms. The lowest BCUT2D eigenvalue weighted by Gasteiger charge is -2.28. The van der Waals surface area contributed by atoms with E-state index in [0.717, 1.165) is 5.56 Å². The maximum Gasteiger partial charge on any atom is 0.338 e. The molecule has 1 atom stereocenters. The van der Waals surface area contributed by atoms with Crippen LogP contribution in [-0.4, -0.2) is 56.5 Å². The molecule has 0 radical (unpaired) electrons. The second-order valence-electron chi connectivity index (χ2n) is 9.91. The van der Waals surface area contributed by atoms with E-state index in [2.05, 4.69) is 21.2 Å². The molecule has 47 heavy (non-hydrogen) atoms. The number of nitro benzene ring substituents is 1. The lowest BCUT2D eigenvalue weighted by Crippen LogP contribution is -2.45. The summed E-state index contributed by atoms with van der Waals surface area (Å²) in [5.74, 6) is 0.285. The number of allylic oxidation sites excluding steroid dienone is 1. The Kier molecular flexibility index (Phi) is 11.3. The second kappa shape index (κ2) is 15.7. The molecular formula is C32H33N5O10. The van der Waals surface area contributed by atoms with Gasteiger partial charge in [-0.2, -0.15) is 5.10 Å². The van der Waals surface area contributed by atoms with Crippen LogP contribution in [0.1, 0.15) is 36.6 Å². The first-order valence-corrected chi connectivity index (χ1v) is 14.3. The number of ether oxygens (including phenoxy) is 5. The Bertz CT molecular complexity index is 1700. The summed E-state index contributed by atoms with van der Waals surface area (Å²) in [4.78, 5) is 47.6. The summed E-state index contributed by atoms with van der Waals surface area (Å²) in [6.07, 6.45) is 1.42. The number of nitro groups is 1. The molecule has 1 aliphatic rings. The number of esters is 1. The van der Waals surface area contributed by atoms with Gasteiger partial charge in [-0.15, -0.1) is 0 Å². The van der Waals surface area contributed by atoms with Crippen molar-refractivity contribution in [3.63, 3.8) is 0 Å². The van der Waals surface area contributed by atoms with Crippen LogP contribution in [0.15, 0.2) is 77.0 Å². The van der Waals surface area contributed by atoms with Gasteiger partial charge in [-0.25, -0.2) is 15.0 Å². The maximum absolute atomic E-state index is 12.6. The highest BCUT2D eigenvalue weighted by atomic mass is 16.6. The van der Waals surface area contributed by atoms with E-state index in [4.69, 9.17) is 23.7 Å². The molecule has 0 unspecified atom stereocenters. The molecule has 246 valence electrons. The first-order chi connectivity index (χ1) is 22.6. The fraction of sp³-hybridized carbons (Fsp3) is 0.250. The van der Waals surface area contributed by atoms with Crippen LogP contribution in [-0.2, 0) is 20.9 Å². The Labute approximate surface area is 269 Å². The Morgan fingerprint density at radius 2 is 1.66 bits per heavy atom. The number of urea groups is 1. The van der Waals surface area contributed by atoms with Crippen molar-refractivity contribution in [1.82, 2.24) is 16.1 Å². The minimum atomic E-state index is -0.794. The maximum atomic E-state index is 12.6. The Morgan fingerprint density at radius 3 is 2.34 bits per heavy atom. The van der Waals surface area contributed by atoms with Crippen molar-refractivity contribution in [3.05, 3.63) is 98.7 Å². The van der Waals surface area contributed by atoms with Crippen molar-refractivity contribution in [1.29, 1.82) is 0 Å². The number of hydrazone groups is 1. The van der Waals surface area contributed by atoms with Gasteiger partial charge in [0.1, 0.15) is 6.61 Å². The quantitative estimate of drug-likeness (QED) is 0.100. The van der Waals surface area contributed by atoms with E-state index in [1.54, 1.807) is 62.4 Å².